The molecule has 1 amide bonds. The Morgan fingerprint density at radius 2 is 1.88 bits per heavy atom. The molecule has 0 radical (unpaired) electrons. The molecule has 1 fully saturated rings. The van der Waals surface area contributed by atoms with Crippen molar-refractivity contribution in [1.82, 2.24) is 4.90 Å². The zero-order chi connectivity index (χ0) is 18.6. The molecule has 6 heteroatoms. The van der Waals surface area contributed by atoms with Crippen LogP contribution in [0.3, 0.4) is 0 Å². The maximum atomic E-state index is 14.0. The second kappa shape index (κ2) is 5.48. The van der Waals surface area contributed by atoms with Gasteiger partial charge in [0.2, 0.25) is 0 Å². The Bertz CT molecular complexity index is 859. The molecular formula is C19H18F2N2O2. The number of aryl methyl sites for hydroxylation is 1. The van der Waals surface area contributed by atoms with E-state index in [1.165, 1.54) is 24.0 Å². The third kappa shape index (κ3) is 2.64. The number of allylic oxidation sites excluding steroid dienone is 1. The molecule has 0 unspecified atom stereocenters. The molecule has 1 aromatic rings. The van der Waals surface area contributed by atoms with Gasteiger partial charge >= 0.3 is 0 Å². The summed E-state index contributed by atoms with van der Waals surface area (Å²) in [6.45, 7) is 5.55. The first-order valence-electron chi connectivity index (χ1n) is 8.02. The van der Waals surface area contributed by atoms with Crippen LogP contribution in [0.25, 0.3) is 0 Å². The highest BCUT2D eigenvalue weighted by molar-refractivity contribution is 6.04. The molecule has 0 saturated carbocycles. The van der Waals surface area contributed by atoms with Crippen molar-refractivity contribution in [3.63, 3.8) is 0 Å². The van der Waals surface area contributed by atoms with Gasteiger partial charge in [-0.25, -0.2) is 8.78 Å². The van der Waals surface area contributed by atoms with Crippen molar-refractivity contribution in [1.29, 1.82) is 5.26 Å². The van der Waals surface area contributed by atoms with Crippen LogP contribution in [0.4, 0.5) is 8.78 Å². The van der Waals surface area contributed by atoms with Gasteiger partial charge in [0.15, 0.2) is 17.4 Å². The molecule has 1 aliphatic heterocycles. The van der Waals surface area contributed by atoms with Crippen molar-refractivity contribution in [2.24, 2.45) is 10.8 Å². The first-order valence-corrected chi connectivity index (χ1v) is 8.02. The molecular weight excluding hydrogens is 326 g/mol. The van der Waals surface area contributed by atoms with Crippen molar-refractivity contribution in [3.8, 4) is 6.07 Å². The SMILES string of the molecule is Cc1ccc(C(=O)N2CC3(C=C(C#N)C(=O)C(C)(C)C3)C2)c(F)c1F. The molecule has 0 N–H and O–H groups in total. The molecule has 1 saturated heterocycles. The van der Waals surface area contributed by atoms with Crippen LogP contribution >= 0.6 is 0 Å². The summed E-state index contributed by atoms with van der Waals surface area (Å²) in [7, 11) is 0. The predicted octanol–water partition coefficient (Wildman–Crippen LogP) is 3.16. The van der Waals surface area contributed by atoms with Crippen LogP contribution in [0, 0.1) is 40.7 Å². The number of amides is 1. The van der Waals surface area contributed by atoms with E-state index in [-0.39, 0.29) is 35.6 Å². The molecule has 4 nitrogen and oxygen atoms in total. The third-order valence-corrected chi connectivity index (χ3v) is 5.03. The lowest BCUT2D eigenvalue weighted by molar-refractivity contribution is -0.127. The fourth-order valence-corrected chi connectivity index (χ4v) is 3.87. The van der Waals surface area contributed by atoms with Crippen LogP contribution in [0.5, 0.6) is 0 Å². The summed E-state index contributed by atoms with van der Waals surface area (Å²) in [4.78, 5) is 26.1. The van der Waals surface area contributed by atoms with Crippen molar-refractivity contribution in [2.75, 3.05) is 13.1 Å². The summed E-state index contributed by atoms with van der Waals surface area (Å²) in [5.41, 5.74) is -1.19. The summed E-state index contributed by atoms with van der Waals surface area (Å²) >= 11 is 0. The highest BCUT2D eigenvalue weighted by Gasteiger charge is 2.52. The van der Waals surface area contributed by atoms with Crippen molar-refractivity contribution in [2.45, 2.75) is 27.2 Å². The van der Waals surface area contributed by atoms with Gasteiger partial charge in [-0.15, -0.1) is 0 Å². The summed E-state index contributed by atoms with van der Waals surface area (Å²) < 4.78 is 27.7. The normalized spacial score (nSPS) is 20.7. The van der Waals surface area contributed by atoms with Crippen LogP contribution in [0.2, 0.25) is 0 Å². The Kier molecular flexibility index (Phi) is 3.79. The zero-order valence-corrected chi connectivity index (χ0v) is 14.3. The monoisotopic (exact) mass is 344 g/mol. The predicted molar refractivity (Wildman–Crippen MR) is 86.5 cm³/mol. The Morgan fingerprint density at radius 1 is 1.24 bits per heavy atom. The molecule has 0 aromatic heterocycles. The first kappa shape index (κ1) is 17.3. The number of halogens is 2. The van der Waals surface area contributed by atoms with E-state index in [4.69, 9.17) is 0 Å². The van der Waals surface area contributed by atoms with E-state index >= 15 is 0 Å². The third-order valence-electron chi connectivity index (χ3n) is 5.03. The molecule has 1 heterocycles. The molecule has 1 aliphatic carbocycles. The maximum Gasteiger partial charge on any atom is 0.257 e. The quantitative estimate of drug-likeness (QED) is 0.786. The van der Waals surface area contributed by atoms with E-state index in [2.05, 4.69) is 0 Å². The number of hydrogen-bond acceptors (Lipinski definition) is 3. The Labute approximate surface area is 144 Å². The van der Waals surface area contributed by atoms with Gasteiger partial charge < -0.3 is 4.90 Å². The fraction of sp³-hybridized carbons (Fsp3) is 0.421. The number of hydrogen-bond donors (Lipinski definition) is 0. The van der Waals surface area contributed by atoms with Gasteiger partial charge in [-0.1, -0.05) is 26.0 Å². The van der Waals surface area contributed by atoms with Gasteiger partial charge in [-0.3, -0.25) is 9.59 Å². The minimum atomic E-state index is -1.14. The van der Waals surface area contributed by atoms with E-state index in [1.54, 1.807) is 19.9 Å². The summed E-state index contributed by atoms with van der Waals surface area (Å²) in [5.74, 6) is -2.93. The molecule has 0 bridgehead atoms. The number of carbonyl (C=O) groups excluding carboxylic acids is 2. The summed E-state index contributed by atoms with van der Waals surface area (Å²) in [6, 6.07) is 4.59. The van der Waals surface area contributed by atoms with Gasteiger partial charge in [-0.05, 0) is 25.0 Å². The van der Waals surface area contributed by atoms with E-state index in [0.29, 0.717) is 6.42 Å². The van der Waals surface area contributed by atoms with Gasteiger partial charge in [0, 0.05) is 23.9 Å². The van der Waals surface area contributed by atoms with Crippen molar-refractivity contribution in [3.05, 3.63) is 46.5 Å². The molecule has 1 aromatic carbocycles. The van der Waals surface area contributed by atoms with Gasteiger partial charge in [0.05, 0.1) is 11.1 Å². The highest BCUT2D eigenvalue weighted by Crippen LogP contribution is 2.48. The average Bonchev–Trinajstić information content (AvgIpc) is 2.52. The Hall–Kier alpha value is -2.55. The second-order valence-corrected chi connectivity index (χ2v) is 7.64. The number of carbonyl (C=O) groups is 2. The van der Waals surface area contributed by atoms with E-state index in [1.807, 2.05) is 6.07 Å². The number of nitrogens with zero attached hydrogens (tertiary/aromatic N) is 2. The van der Waals surface area contributed by atoms with Gasteiger partial charge in [-0.2, -0.15) is 5.26 Å². The zero-order valence-electron chi connectivity index (χ0n) is 14.3. The summed E-state index contributed by atoms with van der Waals surface area (Å²) in [5, 5.41) is 9.18. The highest BCUT2D eigenvalue weighted by atomic mass is 19.2. The molecule has 3 rings (SSSR count). The number of ketones is 1. The van der Waals surface area contributed by atoms with E-state index < -0.39 is 28.4 Å². The Morgan fingerprint density at radius 3 is 2.48 bits per heavy atom. The van der Waals surface area contributed by atoms with Crippen LogP contribution < -0.4 is 0 Å². The van der Waals surface area contributed by atoms with Crippen molar-refractivity contribution >= 4 is 11.7 Å². The smallest absolute Gasteiger partial charge is 0.257 e. The second-order valence-electron chi connectivity index (χ2n) is 7.64. The van der Waals surface area contributed by atoms with E-state index in [9.17, 15) is 23.6 Å². The van der Waals surface area contributed by atoms with Crippen LogP contribution in [0.15, 0.2) is 23.8 Å². The lowest BCUT2D eigenvalue weighted by Crippen LogP contribution is -2.61. The lowest BCUT2D eigenvalue weighted by atomic mass is 9.61. The maximum absolute atomic E-state index is 14.0. The Balaban J connectivity index is 1.84. The summed E-state index contributed by atoms with van der Waals surface area (Å²) in [6.07, 6.45) is 2.15. The van der Waals surface area contributed by atoms with Gasteiger partial charge in [0.1, 0.15) is 6.07 Å². The number of benzene rings is 1. The number of likely N-dealkylation sites (tertiary alicyclic amines) is 1. The lowest BCUT2D eigenvalue weighted by Gasteiger charge is -2.53. The number of rotatable bonds is 1. The first-order chi connectivity index (χ1) is 11.6. The molecule has 2 aliphatic rings. The standard InChI is InChI=1S/C19H18F2N2O2/c1-11-4-5-13(15(21)14(11)20)17(25)23-9-19(10-23)6-12(7-22)16(24)18(2,3)8-19/h4-6H,8-10H2,1-3H3. The number of Topliss-reactive ketones (excluding diaryl/α,β-unsaturated/α-hetero) is 1. The minimum Gasteiger partial charge on any atom is -0.337 e. The number of nitriles is 1. The molecule has 0 atom stereocenters. The van der Waals surface area contributed by atoms with Crippen LogP contribution in [-0.2, 0) is 4.79 Å². The van der Waals surface area contributed by atoms with Gasteiger partial charge in [0.25, 0.3) is 5.91 Å². The molecule has 130 valence electrons. The fourth-order valence-electron chi connectivity index (χ4n) is 3.87. The molecule has 25 heavy (non-hydrogen) atoms. The van der Waals surface area contributed by atoms with Crippen molar-refractivity contribution < 1.29 is 18.4 Å². The molecule has 1 spiro atoms. The largest absolute Gasteiger partial charge is 0.337 e. The topological polar surface area (TPSA) is 61.2 Å². The minimum absolute atomic E-state index is 0.107. The van der Waals surface area contributed by atoms with Crippen LogP contribution in [0.1, 0.15) is 36.2 Å². The van der Waals surface area contributed by atoms with E-state index in [0.717, 1.165) is 0 Å². The van der Waals surface area contributed by atoms with Crippen LogP contribution in [-0.4, -0.2) is 29.7 Å². The average molecular weight is 344 g/mol.